The number of nitrogens with zero attached hydrogens (tertiary/aromatic N) is 1. The monoisotopic (exact) mass is 264 g/mol. The molecule has 1 heterocycles. The van der Waals surface area contributed by atoms with Gasteiger partial charge in [-0.1, -0.05) is 23.7 Å². The van der Waals surface area contributed by atoms with Crippen LogP contribution in [0.2, 0.25) is 5.02 Å². The Morgan fingerprint density at radius 2 is 2.06 bits per heavy atom. The molecule has 3 rings (SSSR count). The Labute approximate surface area is 112 Å². The van der Waals surface area contributed by atoms with Crippen LogP contribution in [0, 0.1) is 0 Å². The summed E-state index contributed by atoms with van der Waals surface area (Å²) < 4.78 is 0. The van der Waals surface area contributed by atoms with Crippen molar-refractivity contribution in [2.24, 2.45) is 0 Å². The van der Waals surface area contributed by atoms with E-state index in [0.717, 1.165) is 55.2 Å². The van der Waals surface area contributed by atoms with E-state index in [4.69, 9.17) is 11.6 Å². The third-order valence-electron chi connectivity index (χ3n) is 3.95. The molecule has 3 nitrogen and oxygen atoms in total. The van der Waals surface area contributed by atoms with Crippen molar-refractivity contribution in [1.29, 1.82) is 0 Å². The van der Waals surface area contributed by atoms with Crippen molar-refractivity contribution in [3.05, 3.63) is 34.3 Å². The summed E-state index contributed by atoms with van der Waals surface area (Å²) in [7, 11) is 0. The molecule has 0 saturated carbocycles. The second kappa shape index (κ2) is 5.00. The molecule has 1 aliphatic carbocycles. The highest BCUT2D eigenvalue weighted by atomic mass is 35.5. The van der Waals surface area contributed by atoms with Gasteiger partial charge in [-0.15, -0.1) is 0 Å². The third-order valence-corrected chi connectivity index (χ3v) is 4.30. The summed E-state index contributed by atoms with van der Waals surface area (Å²) in [4.78, 5) is 14.9. The van der Waals surface area contributed by atoms with Crippen LogP contribution in [0.25, 0.3) is 0 Å². The Bertz CT molecular complexity index is 469. The van der Waals surface area contributed by atoms with Crippen LogP contribution in [0.3, 0.4) is 0 Å². The van der Waals surface area contributed by atoms with Gasteiger partial charge in [0.25, 0.3) is 0 Å². The van der Waals surface area contributed by atoms with E-state index in [2.05, 4.69) is 10.2 Å². The number of carbonyl (C=O) groups excluding carboxylic acids is 1. The van der Waals surface area contributed by atoms with Crippen LogP contribution in [0.1, 0.15) is 22.3 Å². The molecule has 1 saturated heterocycles. The molecule has 1 unspecified atom stereocenters. The number of carbonyl (C=O) groups is 1. The predicted molar refractivity (Wildman–Crippen MR) is 72.3 cm³/mol. The topological polar surface area (TPSA) is 32.3 Å². The maximum atomic E-state index is 12.5. The molecule has 96 valence electrons. The fraction of sp³-hybridized carbons (Fsp3) is 0.500. The van der Waals surface area contributed by atoms with E-state index in [1.807, 2.05) is 18.2 Å². The van der Waals surface area contributed by atoms with Gasteiger partial charge in [-0.2, -0.15) is 0 Å². The molecule has 1 fully saturated rings. The van der Waals surface area contributed by atoms with Gasteiger partial charge >= 0.3 is 0 Å². The molecular formula is C14H17ClN2O. The fourth-order valence-corrected chi connectivity index (χ4v) is 3.25. The van der Waals surface area contributed by atoms with E-state index >= 15 is 0 Å². The van der Waals surface area contributed by atoms with Crippen molar-refractivity contribution >= 4 is 17.4 Å². The van der Waals surface area contributed by atoms with Gasteiger partial charge in [-0.3, -0.25) is 9.69 Å². The lowest BCUT2D eigenvalue weighted by Gasteiger charge is -2.36. The molecule has 1 aromatic carbocycles. The number of rotatable bonds is 1. The van der Waals surface area contributed by atoms with Gasteiger partial charge in [0.2, 0.25) is 0 Å². The number of hydrogen-bond donors (Lipinski definition) is 1. The maximum Gasteiger partial charge on any atom is 0.180 e. The van der Waals surface area contributed by atoms with Gasteiger partial charge in [0, 0.05) is 36.8 Å². The normalized spacial score (nSPS) is 24.9. The van der Waals surface area contributed by atoms with Gasteiger partial charge in [0.15, 0.2) is 5.78 Å². The average Bonchev–Trinajstić information content (AvgIpc) is 2.41. The van der Waals surface area contributed by atoms with E-state index in [9.17, 15) is 4.79 Å². The molecule has 1 atom stereocenters. The highest BCUT2D eigenvalue weighted by Gasteiger charge is 2.33. The molecule has 0 aromatic heterocycles. The number of Topliss-reactive ketones (excluding diaryl/α,β-unsaturated/α-hetero) is 1. The summed E-state index contributed by atoms with van der Waals surface area (Å²) in [5.41, 5.74) is 1.87. The van der Waals surface area contributed by atoms with Crippen molar-refractivity contribution in [2.45, 2.75) is 18.9 Å². The highest BCUT2D eigenvalue weighted by Crippen LogP contribution is 2.29. The molecule has 18 heavy (non-hydrogen) atoms. The molecule has 0 radical (unpaired) electrons. The van der Waals surface area contributed by atoms with E-state index in [1.54, 1.807) is 0 Å². The van der Waals surface area contributed by atoms with E-state index in [1.165, 1.54) is 0 Å². The van der Waals surface area contributed by atoms with Crippen molar-refractivity contribution in [1.82, 2.24) is 10.2 Å². The predicted octanol–water partition coefficient (Wildman–Crippen LogP) is 1.74. The molecule has 1 aromatic rings. The number of piperazine rings is 1. The van der Waals surface area contributed by atoms with Gasteiger partial charge in [-0.25, -0.2) is 0 Å². The Balaban J connectivity index is 1.87. The largest absolute Gasteiger partial charge is 0.314 e. The molecule has 0 spiro atoms. The van der Waals surface area contributed by atoms with Crippen LogP contribution in [0.15, 0.2) is 18.2 Å². The van der Waals surface area contributed by atoms with Crippen molar-refractivity contribution < 1.29 is 4.79 Å². The zero-order valence-electron chi connectivity index (χ0n) is 10.3. The minimum Gasteiger partial charge on any atom is -0.314 e. The van der Waals surface area contributed by atoms with Crippen LogP contribution in [-0.2, 0) is 6.42 Å². The number of halogens is 1. The Kier molecular flexibility index (Phi) is 3.37. The van der Waals surface area contributed by atoms with Crippen molar-refractivity contribution in [3.63, 3.8) is 0 Å². The number of fused-ring (bicyclic) bond motifs is 1. The first kappa shape index (κ1) is 12.2. The first-order valence-corrected chi connectivity index (χ1v) is 6.91. The van der Waals surface area contributed by atoms with Gasteiger partial charge in [-0.05, 0) is 24.5 Å². The fourth-order valence-electron chi connectivity index (χ4n) is 2.98. The zero-order chi connectivity index (χ0) is 12.5. The smallest absolute Gasteiger partial charge is 0.180 e. The SMILES string of the molecule is O=C1c2cccc(Cl)c2CCC1N1CCNCC1. The maximum absolute atomic E-state index is 12.5. The first-order chi connectivity index (χ1) is 8.77. The number of ketones is 1. The van der Waals surface area contributed by atoms with Crippen LogP contribution in [0.4, 0.5) is 0 Å². The van der Waals surface area contributed by atoms with E-state index < -0.39 is 0 Å². The molecule has 0 bridgehead atoms. The Morgan fingerprint density at radius 1 is 1.28 bits per heavy atom. The second-order valence-electron chi connectivity index (χ2n) is 4.97. The van der Waals surface area contributed by atoms with Crippen LogP contribution >= 0.6 is 11.6 Å². The molecule has 2 aliphatic rings. The zero-order valence-corrected chi connectivity index (χ0v) is 11.0. The minimum absolute atomic E-state index is 0.0538. The minimum atomic E-state index is 0.0538. The molecule has 4 heteroatoms. The summed E-state index contributed by atoms with van der Waals surface area (Å²) >= 11 is 6.17. The Hall–Kier alpha value is -0.900. The van der Waals surface area contributed by atoms with Crippen LogP contribution < -0.4 is 5.32 Å². The first-order valence-electron chi connectivity index (χ1n) is 6.54. The number of nitrogens with one attached hydrogen (secondary N) is 1. The quantitative estimate of drug-likeness (QED) is 0.839. The molecule has 0 amide bonds. The summed E-state index contributed by atoms with van der Waals surface area (Å²) in [6.07, 6.45) is 1.81. The molecular weight excluding hydrogens is 248 g/mol. The van der Waals surface area contributed by atoms with Gasteiger partial charge in [0.1, 0.15) is 0 Å². The highest BCUT2D eigenvalue weighted by molar-refractivity contribution is 6.32. The number of hydrogen-bond acceptors (Lipinski definition) is 3. The van der Waals surface area contributed by atoms with E-state index in [-0.39, 0.29) is 11.8 Å². The lowest BCUT2D eigenvalue weighted by atomic mass is 9.86. The van der Waals surface area contributed by atoms with Crippen molar-refractivity contribution in [2.75, 3.05) is 26.2 Å². The average molecular weight is 265 g/mol. The van der Waals surface area contributed by atoms with E-state index in [0.29, 0.717) is 0 Å². The van der Waals surface area contributed by atoms with Crippen LogP contribution in [0.5, 0.6) is 0 Å². The second-order valence-corrected chi connectivity index (χ2v) is 5.38. The van der Waals surface area contributed by atoms with Gasteiger partial charge < -0.3 is 5.32 Å². The third kappa shape index (κ3) is 2.07. The summed E-state index contributed by atoms with van der Waals surface area (Å²) in [5.74, 6) is 0.251. The molecule has 1 N–H and O–H groups in total. The van der Waals surface area contributed by atoms with Gasteiger partial charge in [0.05, 0.1) is 6.04 Å². The van der Waals surface area contributed by atoms with Crippen LogP contribution in [-0.4, -0.2) is 42.9 Å². The summed E-state index contributed by atoms with van der Waals surface area (Å²) in [6.45, 7) is 3.89. The number of benzene rings is 1. The lowest BCUT2D eigenvalue weighted by Crippen LogP contribution is -2.52. The van der Waals surface area contributed by atoms with Crippen molar-refractivity contribution in [3.8, 4) is 0 Å². The Morgan fingerprint density at radius 3 is 2.83 bits per heavy atom. The standard InChI is InChI=1S/C14H17ClN2O/c15-12-3-1-2-11-10(12)4-5-13(14(11)18)17-8-6-16-7-9-17/h1-3,13,16H,4-9H2. The lowest BCUT2D eigenvalue weighted by molar-refractivity contribution is 0.0766. The molecule has 1 aliphatic heterocycles. The summed E-state index contributed by atoms with van der Waals surface area (Å²) in [6, 6.07) is 5.72. The summed E-state index contributed by atoms with van der Waals surface area (Å²) in [5, 5.41) is 4.06.